The van der Waals surface area contributed by atoms with Crippen LogP contribution in [0.2, 0.25) is 0 Å². The van der Waals surface area contributed by atoms with E-state index in [0.29, 0.717) is 24.0 Å². The molecular weight excluding hydrogens is 320 g/mol. The number of hydrogen-bond acceptors (Lipinski definition) is 2. The number of unbranched alkanes of at least 4 members (excludes halogenated alkanes) is 2. The summed E-state index contributed by atoms with van der Waals surface area (Å²) in [5.74, 6) is 1.07. The average Bonchev–Trinajstić information content (AvgIpc) is 2.69. The van der Waals surface area contributed by atoms with Gasteiger partial charge < -0.3 is 9.47 Å². The van der Waals surface area contributed by atoms with Crippen LogP contribution >= 0.6 is 0 Å². The summed E-state index contributed by atoms with van der Waals surface area (Å²) in [4.78, 5) is 0. The standard InChI is InChI=1S/C24H38O2/c1-3-5-17-23-21(15-11-19-25-23)13-9-7-8-10-14-22-16-12-20-26-24(22)18-6-4-2/h7-12,15-16,21-24H,3-6,13-14,17-20H2,1-2H3/b9-7-,10-8-/t21-,22-,23-,24-/m1/s1. The first-order chi connectivity index (χ1) is 12.8. The summed E-state index contributed by atoms with van der Waals surface area (Å²) in [5.41, 5.74) is 0. The summed E-state index contributed by atoms with van der Waals surface area (Å²) in [7, 11) is 0. The minimum absolute atomic E-state index is 0.400. The molecule has 0 saturated carbocycles. The van der Waals surface area contributed by atoms with Gasteiger partial charge in [-0.2, -0.15) is 0 Å². The van der Waals surface area contributed by atoms with Crippen LogP contribution in [0, 0.1) is 11.8 Å². The summed E-state index contributed by atoms with van der Waals surface area (Å²) >= 11 is 0. The van der Waals surface area contributed by atoms with Crippen molar-refractivity contribution in [2.45, 2.75) is 77.4 Å². The van der Waals surface area contributed by atoms with Gasteiger partial charge in [0, 0.05) is 11.8 Å². The van der Waals surface area contributed by atoms with E-state index in [9.17, 15) is 0 Å². The highest BCUT2D eigenvalue weighted by Gasteiger charge is 2.21. The first-order valence-electron chi connectivity index (χ1n) is 10.7. The van der Waals surface area contributed by atoms with E-state index in [-0.39, 0.29) is 0 Å². The Morgan fingerprint density at radius 2 is 1.23 bits per heavy atom. The normalized spacial score (nSPS) is 29.2. The highest BCUT2D eigenvalue weighted by Crippen LogP contribution is 2.24. The third kappa shape index (κ3) is 7.63. The van der Waals surface area contributed by atoms with E-state index in [1.54, 1.807) is 0 Å². The van der Waals surface area contributed by atoms with E-state index < -0.39 is 0 Å². The monoisotopic (exact) mass is 358 g/mol. The molecule has 2 heteroatoms. The highest BCUT2D eigenvalue weighted by molar-refractivity contribution is 5.08. The maximum absolute atomic E-state index is 5.93. The first-order valence-corrected chi connectivity index (χ1v) is 10.7. The predicted octanol–water partition coefficient (Wildman–Crippen LogP) is 6.40. The molecule has 0 unspecified atom stereocenters. The Balaban J connectivity index is 1.73. The van der Waals surface area contributed by atoms with Gasteiger partial charge in [0.15, 0.2) is 0 Å². The quantitative estimate of drug-likeness (QED) is 0.314. The van der Waals surface area contributed by atoms with Gasteiger partial charge in [-0.25, -0.2) is 0 Å². The summed E-state index contributed by atoms with van der Waals surface area (Å²) in [6.07, 6.45) is 28.3. The molecule has 0 aromatic rings. The van der Waals surface area contributed by atoms with E-state index in [1.807, 2.05) is 0 Å². The van der Waals surface area contributed by atoms with Crippen LogP contribution in [0.15, 0.2) is 48.6 Å². The molecule has 0 saturated heterocycles. The predicted molar refractivity (Wildman–Crippen MR) is 111 cm³/mol. The zero-order valence-electron chi connectivity index (χ0n) is 16.8. The number of hydrogen-bond donors (Lipinski definition) is 0. The molecule has 2 heterocycles. The van der Waals surface area contributed by atoms with Gasteiger partial charge in [0.2, 0.25) is 0 Å². The van der Waals surface area contributed by atoms with Gasteiger partial charge in [-0.15, -0.1) is 0 Å². The van der Waals surface area contributed by atoms with Crippen molar-refractivity contribution in [2.24, 2.45) is 11.8 Å². The number of ether oxygens (including phenoxy) is 2. The van der Waals surface area contributed by atoms with Crippen LogP contribution in [0.1, 0.15) is 65.2 Å². The molecule has 0 aliphatic carbocycles. The molecule has 0 aromatic carbocycles. The average molecular weight is 359 g/mol. The second kappa shape index (κ2) is 13.1. The number of rotatable bonds is 11. The fraction of sp³-hybridized carbons (Fsp3) is 0.667. The second-order valence-corrected chi connectivity index (χ2v) is 7.54. The lowest BCUT2D eigenvalue weighted by Gasteiger charge is -2.27. The lowest BCUT2D eigenvalue weighted by molar-refractivity contribution is 0.0264. The Kier molecular flexibility index (Phi) is 10.7. The molecule has 4 atom stereocenters. The van der Waals surface area contributed by atoms with Gasteiger partial charge in [-0.05, 0) is 25.7 Å². The van der Waals surface area contributed by atoms with Crippen LogP contribution in [-0.4, -0.2) is 25.4 Å². The Morgan fingerprint density at radius 1 is 0.769 bits per heavy atom. The van der Waals surface area contributed by atoms with Crippen LogP contribution < -0.4 is 0 Å². The second-order valence-electron chi connectivity index (χ2n) is 7.54. The molecule has 0 N–H and O–H groups in total. The highest BCUT2D eigenvalue weighted by atomic mass is 16.5. The van der Waals surface area contributed by atoms with Crippen molar-refractivity contribution in [3.63, 3.8) is 0 Å². The first kappa shape index (κ1) is 21.2. The van der Waals surface area contributed by atoms with Crippen LogP contribution in [0.4, 0.5) is 0 Å². The summed E-state index contributed by atoms with van der Waals surface area (Å²) in [5, 5.41) is 0. The van der Waals surface area contributed by atoms with Crippen molar-refractivity contribution in [1.29, 1.82) is 0 Å². The SMILES string of the molecule is CCCC[C@H]1OCC=C[C@H]1C/C=C\C=C/C[C@@H]1C=CCO[C@@H]1CCCC. The molecule has 2 aliphatic heterocycles. The van der Waals surface area contributed by atoms with E-state index in [1.165, 1.54) is 38.5 Å². The Morgan fingerprint density at radius 3 is 1.65 bits per heavy atom. The molecule has 0 fully saturated rings. The minimum Gasteiger partial charge on any atom is -0.374 e. The molecule has 0 bridgehead atoms. The molecule has 0 spiro atoms. The third-order valence-corrected chi connectivity index (χ3v) is 5.42. The molecule has 0 amide bonds. The third-order valence-electron chi connectivity index (χ3n) is 5.42. The molecule has 2 rings (SSSR count). The van der Waals surface area contributed by atoms with Gasteiger partial charge in [0.05, 0.1) is 25.4 Å². The Hall–Kier alpha value is -1.12. The fourth-order valence-electron chi connectivity index (χ4n) is 3.81. The topological polar surface area (TPSA) is 18.5 Å². The molecule has 146 valence electrons. The summed E-state index contributed by atoms with van der Waals surface area (Å²) in [6.45, 7) is 6.06. The van der Waals surface area contributed by atoms with Gasteiger partial charge in [-0.3, -0.25) is 0 Å². The Bertz CT molecular complexity index is 431. The summed E-state index contributed by atoms with van der Waals surface area (Å²) in [6, 6.07) is 0. The zero-order chi connectivity index (χ0) is 18.5. The van der Waals surface area contributed by atoms with Crippen LogP contribution in [-0.2, 0) is 9.47 Å². The maximum atomic E-state index is 5.93. The van der Waals surface area contributed by atoms with Crippen molar-refractivity contribution in [3.8, 4) is 0 Å². The lowest BCUT2D eigenvalue weighted by atomic mass is 9.92. The van der Waals surface area contributed by atoms with Crippen molar-refractivity contribution < 1.29 is 9.47 Å². The van der Waals surface area contributed by atoms with Crippen molar-refractivity contribution >= 4 is 0 Å². The smallest absolute Gasteiger partial charge is 0.0651 e. The zero-order valence-corrected chi connectivity index (χ0v) is 16.8. The van der Waals surface area contributed by atoms with Crippen LogP contribution in [0.5, 0.6) is 0 Å². The molecule has 2 nitrogen and oxygen atoms in total. The molecule has 2 aliphatic rings. The van der Waals surface area contributed by atoms with Crippen LogP contribution in [0.25, 0.3) is 0 Å². The largest absolute Gasteiger partial charge is 0.374 e. The van der Waals surface area contributed by atoms with Gasteiger partial charge in [0.25, 0.3) is 0 Å². The minimum atomic E-state index is 0.400. The van der Waals surface area contributed by atoms with E-state index >= 15 is 0 Å². The molecule has 0 radical (unpaired) electrons. The van der Waals surface area contributed by atoms with Crippen molar-refractivity contribution in [1.82, 2.24) is 0 Å². The number of allylic oxidation sites excluding steroid dienone is 4. The van der Waals surface area contributed by atoms with E-state index in [2.05, 4.69) is 62.5 Å². The van der Waals surface area contributed by atoms with E-state index in [4.69, 9.17) is 9.47 Å². The van der Waals surface area contributed by atoms with Gasteiger partial charge in [0.1, 0.15) is 0 Å². The molecule has 26 heavy (non-hydrogen) atoms. The summed E-state index contributed by atoms with van der Waals surface area (Å²) < 4.78 is 11.9. The lowest BCUT2D eigenvalue weighted by Crippen LogP contribution is -2.26. The molecule has 0 aromatic heterocycles. The molecular formula is C24H38O2. The fourth-order valence-corrected chi connectivity index (χ4v) is 3.81. The van der Waals surface area contributed by atoms with E-state index in [0.717, 1.165) is 26.1 Å². The van der Waals surface area contributed by atoms with Crippen molar-refractivity contribution in [2.75, 3.05) is 13.2 Å². The van der Waals surface area contributed by atoms with Crippen molar-refractivity contribution in [3.05, 3.63) is 48.6 Å². The van der Waals surface area contributed by atoms with Gasteiger partial charge in [-0.1, -0.05) is 88.1 Å². The van der Waals surface area contributed by atoms with Gasteiger partial charge >= 0.3 is 0 Å². The maximum Gasteiger partial charge on any atom is 0.0651 e. The Labute approximate surface area is 161 Å². The van der Waals surface area contributed by atoms with Crippen LogP contribution in [0.3, 0.4) is 0 Å².